The van der Waals surface area contributed by atoms with Gasteiger partial charge in [-0.1, -0.05) is 76.7 Å². The van der Waals surface area contributed by atoms with Crippen LogP contribution in [0.4, 0.5) is 0 Å². The molecule has 3 aromatic rings. The van der Waals surface area contributed by atoms with Gasteiger partial charge in [0.05, 0.1) is 12.6 Å². The maximum absolute atomic E-state index is 10.8. The van der Waals surface area contributed by atoms with E-state index in [1.54, 1.807) is 0 Å². The summed E-state index contributed by atoms with van der Waals surface area (Å²) in [6, 6.07) is 13.6. The van der Waals surface area contributed by atoms with Gasteiger partial charge in [-0.25, -0.2) is 0 Å². The summed E-state index contributed by atoms with van der Waals surface area (Å²) >= 11 is 0. The van der Waals surface area contributed by atoms with Gasteiger partial charge in [0.2, 0.25) is 0 Å². The van der Waals surface area contributed by atoms with Crippen molar-refractivity contribution in [3.63, 3.8) is 0 Å². The zero-order valence-corrected chi connectivity index (χ0v) is 26.5. The first-order valence-electron chi connectivity index (χ1n) is 17.3. The van der Waals surface area contributed by atoms with Crippen LogP contribution in [0.2, 0.25) is 0 Å². The number of unbranched alkanes of at least 4 members (excludes halogenated alkanes) is 11. The number of hydrogen-bond acceptors (Lipinski definition) is 3. The van der Waals surface area contributed by atoms with Gasteiger partial charge in [-0.15, -0.1) is 0 Å². The summed E-state index contributed by atoms with van der Waals surface area (Å²) in [5, 5.41) is 2.24. The third-order valence-corrected chi connectivity index (χ3v) is 9.69. The topological polar surface area (TPSA) is 86.0 Å². The standard InChI is InChI=1S/C38H50N4O2/c1-27(43)44-23-13-11-9-7-5-3-2-4-6-8-10-12-14-33-35-20-18-31(40-35)25-29-16-17-30(39-29)26-32-24-28-15-19-34(38(28)41-32)37-22-21-36(33)42-37/h16-18,20-22,24-26,32-34,39-40,42H,2-15,19,23H2,1H3. The van der Waals surface area contributed by atoms with E-state index in [-0.39, 0.29) is 12.0 Å². The molecule has 1 saturated carbocycles. The van der Waals surface area contributed by atoms with E-state index >= 15 is 0 Å². The van der Waals surface area contributed by atoms with E-state index in [2.05, 4.69) is 69.6 Å². The number of fused-ring (bicyclic) bond motifs is 8. The number of aliphatic imine (C=N–C) groups is 1. The molecule has 0 aromatic carbocycles. The molecule has 3 atom stereocenters. The van der Waals surface area contributed by atoms with Crippen LogP contribution in [0.3, 0.4) is 0 Å². The Morgan fingerprint density at radius 2 is 1.41 bits per heavy atom. The summed E-state index contributed by atoms with van der Waals surface area (Å²) in [5.74, 6) is 0.554. The van der Waals surface area contributed by atoms with Crippen LogP contribution >= 0.6 is 0 Å². The molecule has 1 fully saturated rings. The molecule has 0 amide bonds. The predicted molar refractivity (Wildman–Crippen MR) is 179 cm³/mol. The smallest absolute Gasteiger partial charge is 0.302 e. The number of H-pyrrole nitrogens is 3. The third kappa shape index (κ3) is 7.94. The van der Waals surface area contributed by atoms with Crippen LogP contribution < -0.4 is 10.7 Å². The summed E-state index contributed by atoms with van der Waals surface area (Å²) in [4.78, 5) is 27.2. The minimum atomic E-state index is -0.165. The van der Waals surface area contributed by atoms with Gasteiger partial charge < -0.3 is 19.7 Å². The van der Waals surface area contributed by atoms with Crippen molar-refractivity contribution in [2.24, 2.45) is 4.99 Å². The van der Waals surface area contributed by atoms with E-state index in [0.717, 1.165) is 42.1 Å². The van der Waals surface area contributed by atoms with Gasteiger partial charge in [0.1, 0.15) is 0 Å². The maximum atomic E-state index is 10.8. The molecule has 5 heterocycles. The molecule has 1 aliphatic carbocycles. The number of carbonyl (C=O) groups excluding carboxylic acids is 1. The van der Waals surface area contributed by atoms with Gasteiger partial charge in [0.15, 0.2) is 0 Å². The molecule has 0 spiro atoms. The second-order valence-corrected chi connectivity index (χ2v) is 13.1. The summed E-state index contributed by atoms with van der Waals surface area (Å²) in [6.45, 7) is 2.06. The average molecular weight is 595 g/mol. The highest BCUT2D eigenvalue weighted by Crippen LogP contribution is 2.40. The van der Waals surface area contributed by atoms with Crippen LogP contribution in [-0.2, 0) is 9.53 Å². The first-order chi connectivity index (χ1) is 21.6. The number of rotatable bonds is 15. The van der Waals surface area contributed by atoms with Crippen molar-refractivity contribution in [2.75, 3.05) is 6.61 Å². The van der Waals surface area contributed by atoms with Gasteiger partial charge in [-0.2, -0.15) is 0 Å². The van der Waals surface area contributed by atoms with Gasteiger partial charge in [0, 0.05) is 57.9 Å². The van der Waals surface area contributed by atoms with E-state index in [9.17, 15) is 4.79 Å². The number of aromatic amines is 3. The Hall–Kier alpha value is -3.54. The third-order valence-electron chi connectivity index (χ3n) is 9.69. The zero-order chi connectivity index (χ0) is 30.1. The van der Waals surface area contributed by atoms with Crippen LogP contribution in [0.5, 0.6) is 0 Å². The molecule has 6 heteroatoms. The van der Waals surface area contributed by atoms with Gasteiger partial charge in [0.25, 0.3) is 0 Å². The highest BCUT2D eigenvalue weighted by atomic mass is 16.5. The number of nitrogens with zero attached hydrogens (tertiary/aromatic N) is 1. The van der Waals surface area contributed by atoms with Crippen molar-refractivity contribution < 1.29 is 9.53 Å². The molecular weight excluding hydrogens is 544 g/mol. The molecule has 6 nitrogen and oxygen atoms in total. The first kappa shape index (κ1) is 30.5. The summed E-state index contributed by atoms with van der Waals surface area (Å²) < 4.78 is 5.00. The van der Waals surface area contributed by atoms with Crippen LogP contribution in [0.15, 0.2) is 53.0 Å². The Kier molecular flexibility index (Phi) is 10.4. The highest BCUT2D eigenvalue weighted by Gasteiger charge is 2.33. The molecular formula is C38H50N4O2. The zero-order valence-electron chi connectivity index (χ0n) is 26.5. The predicted octanol–water partition coefficient (Wildman–Crippen LogP) is 7.69. The van der Waals surface area contributed by atoms with Gasteiger partial charge in [-0.3, -0.25) is 9.79 Å². The lowest BCUT2D eigenvalue weighted by Gasteiger charge is -2.16. The fraction of sp³-hybridized carbons (Fsp3) is 0.526. The fourth-order valence-electron chi connectivity index (χ4n) is 7.35. The van der Waals surface area contributed by atoms with Crippen molar-refractivity contribution >= 4 is 23.8 Å². The SMILES string of the molecule is CC(=O)OCCCCCCCCCCCCCCC1c2ccc([nH]2)C=c2ccc([nH]2)=CC2C=C3CCC(C3=N2)c2ccc1[nH]2. The molecule has 3 unspecified atom stereocenters. The molecule has 3 aliphatic rings. The van der Waals surface area contributed by atoms with Crippen LogP contribution in [0.1, 0.15) is 138 Å². The number of carbonyl (C=O) groups is 1. The van der Waals surface area contributed by atoms with E-state index < -0.39 is 0 Å². The molecule has 8 bridgehead atoms. The van der Waals surface area contributed by atoms with Crippen LogP contribution in [0.25, 0.3) is 12.2 Å². The van der Waals surface area contributed by atoms with Gasteiger partial charge in [-0.05, 0) is 79.8 Å². The summed E-state index contributed by atoms with van der Waals surface area (Å²) in [6.07, 6.45) is 25.5. The lowest BCUT2D eigenvalue weighted by molar-refractivity contribution is -0.141. The molecule has 6 rings (SSSR count). The molecule has 3 aromatic heterocycles. The monoisotopic (exact) mass is 594 g/mol. The lowest BCUT2D eigenvalue weighted by Crippen LogP contribution is -2.13. The largest absolute Gasteiger partial charge is 0.466 e. The maximum Gasteiger partial charge on any atom is 0.302 e. The van der Waals surface area contributed by atoms with E-state index in [4.69, 9.17) is 9.73 Å². The molecule has 44 heavy (non-hydrogen) atoms. The Morgan fingerprint density at radius 1 is 0.750 bits per heavy atom. The number of hydrogen-bond donors (Lipinski definition) is 3. The van der Waals surface area contributed by atoms with E-state index in [1.165, 1.54) is 106 Å². The highest BCUT2D eigenvalue weighted by molar-refractivity contribution is 6.08. The number of ether oxygens (including phenoxy) is 1. The second kappa shape index (κ2) is 15.0. The summed E-state index contributed by atoms with van der Waals surface area (Å²) in [5.41, 5.74) is 7.82. The van der Waals surface area contributed by atoms with Crippen LogP contribution in [-0.4, -0.2) is 39.3 Å². The van der Waals surface area contributed by atoms with E-state index in [1.807, 2.05) is 0 Å². The number of esters is 1. The number of nitrogens with one attached hydrogen (secondary N) is 3. The fourth-order valence-corrected chi connectivity index (χ4v) is 7.35. The summed E-state index contributed by atoms with van der Waals surface area (Å²) in [7, 11) is 0. The quantitative estimate of drug-likeness (QED) is 0.124. The Balaban J connectivity index is 1.00. The van der Waals surface area contributed by atoms with Gasteiger partial charge >= 0.3 is 5.97 Å². The number of allylic oxidation sites excluding steroid dienone is 1. The molecule has 3 N–H and O–H groups in total. The minimum absolute atomic E-state index is 0.123. The Bertz CT molecular complexity index is 1570. The molecule has 2 aliphatic heterocycles. The molecule has 234 valence electrons. The van der Waals surface area contributed by atoms with Crippen molar-refractivity contribution in [1.29, 1.82) is 0 Å². The molecule has 0 saturated heterocycles. The molecule has 0 radical (unpaired) electrons. The first-order valence-corrected chi connectivity index (χ1v) is 17.3. The van der Waals surface area contributed by atoms with Crippen molar-refractivity contribution in [3.05, 3.63) is 81.5 Å². The van der Waals surface area contributed by atoms with Crippen LogP contribution in [0, 0.1) is 0 Å². The average Bonchev–Trinajstić information content (AvgIpc) is 3.83. The van der Waals surface area contributed by atoms with Crippen molar-refractivity contribution in [2.45, 2.75) is 121 Å². The minimum Gasteiger partial charge on any atom is -0.466 e. The Labute approximate surface area is 262 Å². The van der Waals surface area contributed by atoms with E-state index in [0.29, 0.717) is 18.4 Å². The number of aromatic nitrogens is 3. The van der Waals surface area contributed by atoms with Crippen molar-refractivity contribution in [3.8, 4) is 0 Å². The Morgan fingerprint density at radius 3 is 2.18 bits per heavy atom. The second-order valence-electron chi connectivity index (χ2n) is 13.1. The normalized spacial score (nSPS) is 20.2. The lowest BCUT2D eigenvalue weighted by atomic mass is 9.94. The van der Waals surface area contributed by atoms with Crippen molar-refractivity contribution in [1.82, 2.24) is 15.0 Å².